The van der Waals surface area contributed by atoms with Gasteiger partial charge >= 0.3 is 0 Å². The molecule has 3 rings (SSSR count). The Morgan fingerprint density at radius 3 is 2.60 bits per heavy atom. The van der Waals surface area contributed by atoms with Crippen molar-refractivity contribution >= 4 is 5.91 Å². The summed E-state index contributed by atoms with van der Waals surface area (Å²) in [7, 11) is 1.66. The van der Waals surface area contributed by atoms with E-state index in [-0.39, 0.29) is 5.91 Å². The summed E-state index contributed by atoms with van der Waals surface area (Å²) in [6, 6.07) is 0. The fourth-order valence-electron chi connectivity index (χ4n) is 3.26. The highest BCUT2D eigenvalue weighted by molar-refractivity contribution is 5.85. The highest BCUT2D eigenvalue weighted by Crippen LogP contribution is 2.43. The van der Waals surface area contributed by atoms with Crippen molar-refractivity contribution in [3.63, 3.8) is 0 Å². The van der Waals surface area contributed by atoms with Crippen LogP contribution < -0.4 is 0 Å². The molecule has 1 aromatic heterocycles. The summed E-state index contributed by atoms with van der Waals surface area (Å²) >= 11 is 0. The summed E-state index contributed by atoms with van der Waals surface area (Å²) < 4.78 is 5.57. The predicted molar refractivity (Wildman–Crippen MR) is 75.3 cm³/mol. The number of methoxy groups -OCH3 is 1. The summed E-state index contributed by atoms with van der Waals surface area (Å²) in [4.78, 5) is 21.9. The predicted octanol–water partition coefficient (Wildman–Crippen LogP) is 1.93. The van der Waals surface area contributed by atoms with E-state index in [0.29, 0.717) is 11.8 Å². The molecule has 2 heterocycles. The smallest absolute Gasteiger partial charge is 0.254 e. The van der Waals surface area contributed by atoms with E-state index < -0.39 is 5.60 Å². The van der Waals surface area contributed by atoms with Crippen molar-refractivity contribution in [2.45, 2.75) is 44.1 Å². The van der Waals surface area contributed by atoms with E-state index in [1.54, 1.807) is 13.4 Å². The zero-order chi connectivity index (χ0) is 14.2. The number of carbonyl (C=O) groups excluding carboxylic acids is 1. The van der Waals surface area contributed by atoms with Crippen LogP contribution in [-0.2, 0) is 9.53 Å². The number of ether oxygens (including phenoxy) is 1. The lowest BCUT2D eigenvalue weighted by atomic mass is 9.91. The lowest BCUT2D eigenvalue weighted by Crippen LogP contribution is -2.52. The number of hydrogen-bond donors (Lipinski definition) is 1. The minimum atomic E-state index is -0.610. The van der Waals surface area contributed by atoms with Crippen LogP contribution in [0, 0.1) is 5.92 Å². The van der Waals surface area contributed by atoms with Crippen molar-refractivity contribution in [2.24, 2.45) is 5.92 Å². The molecule has 1 aliphatic carbocycles. The van der Waals surface area contributed by atoms with Crippen molar-refractivity contribution in [3.05, 3.63) is 18.2 Å². The number of nitrogens with zero attached hydrogens (tertiary/aromatic N) is 2. The molecule has 2 aliphatic rings. The molecule has 1 unspecified atom stereocenters. The Labute approximate surface area is 119 Å². The third-order valence-corrected chi connectivity index (χ3v) is 4.95. The first-order chi connectivity index (χ1) is 9.65. The maximum absolute atomic E-state index is 12.7. The van der Waals surface area contributed by atoms with E-state index >= 15 is 0 Å². The van der Waals surface area contributed by atoms with Crippen molar-refractivity contribution in [1.82, 2.24) is 14.9 Å². The van der Waals surface area contributed by atoms with Crippen molar-refractivity contribution in [1.29, 1.82) is 0 Å². The monoisotopic (exact) mass is 277 g/mol. The lowest BCUT2D eigenvalue weighted by molar-refractivity contribution is -0.156. The number of imidazole rings is 1. The third-order valence-electron chi connectivity index (χ3n) is 4.95. The Bertz CT molecular complexity index is 461. The Hall–Kier alpha value is -1.36. The van der Waals surface area contributed by atoms with Crippen LogP contribution in [-0.4, -0.2) is 46.6 Å². The molecule has 2 fully saturated rings. The van der Waals surface area contributed by atoms with Gasteiger partial charge in [0.15, 0.2) is 0 Å². The number of rotatable bonds is 4. The van der Waals surface area contributed by atoms with Crippen LogP contribution in [0.25, 0.3) is 0 Å². The SMILES string of the molecule is COC(C)(C(=O)N1CCC(c2cnc[nH]2)CC1)C1CC1. The molecular weight excluding hydrogens is 254 g/mol. The first-order valence-electron chi connectivity index (χ1n) is 7.48. The molecule has 1 N–H and O–H groups in total. The van der Waals surface area contributed by atoms with Gasteiger partial charge in [0, 0.05) is 38.0 Å². The quantitative estimate of drug-likeness (QED) is 0.915. The van der Waals surface area contributed by atoms with Crippen LogP contribution in [0.3, 0.4) is 0 Å². The molecule has 1 amide bonds. The normalized spacial score (nSPS) is 23.6. The standard InChI is InChI=1S/C15H23N3O2/c1-15(20-2,12-3-4-12)14(19)18-7-5-11(6-8-18)13-9-16-10-17-13/h9-12H,3-8H2,1-2H3,(H,16,17). The Balaban J connectivity index is 1.61. The van der Waals surface area contributed by atoms with Crippen LogP contribution in [0.5, 0.6) is 0 Å². The second-order valence-corrected chi connectivity index (χ2v) is 6.16. The average Bonchev–Trinajstić information content (AvgIpc) is 3.21. The van der Waals surface area contributed by atoms with Crippen LogP contribution in [0.4, 0.5) is 0 Å². The highest BCUT2D eigenvalue weighted by atomic mass is 16.5. The van der Waals surface area contributed by atoms with Gasteiger partial charge in [0.2, 0.25) is 0 Å². The van der Waals surface area contributed by atoms with Crippen LogP contribution in [0.2, 0.25) is 0 Å². The molecule has 1 saturated carbocycles. The first-order valence-corrected chi connectivity index (χ1v) is 7.48. The zero-order valence-electron chi connectivity index (χ0n) is 12.3. The molecule has 110 valence electrons. The summed E-state index contributed by atoms with van der Waals surface area (Å²) in [5.74, 6) is 1.08. The van der Waals surface area contributed by atoms with E-state index in [1.165, 1.54) is 5.69 Å². The topological polar surface area (TPSA) is 58.2 Å². The van der Waals surface area contributed by atoms with Crippen LogP contribution in [0.15, 0.2) is 12.5 Å². The molecule has 1 saturated heterocycles. The number of piperidine rings is 1. The second kappa shape index (κ2) is 5.20. The average molecular weight is 277 g/mol. The highest BCUT2D eigenvalue weighted by Gasteiger charge is 2.49. The van der Waals surface area contributed by atoms with Gasteiger partial charge in [0.1, 0.15) is 5.60 Å². The summed E-state index contributed by atoms with van der Waals surface area (Å²) in [6.07, 6.45) is 7.84. The molecule has 0 aromatic carbocycles. The molecule has 0 bridgehead atoms. The number of aromatic nitrogens is 2. The summed E-state index contributed by atoms with van der Waals surface area (Å²) in [6.45, 7) is 3.58. The van der Waals surface area contributed by atoms with E-state index in [9.17, 15) is 4.79 Å². The third kappa shape index (κ3) is 2.35. The van der Waals surface area contributed by atoms with Crippen molar-refractivity contribution < 1.29 is 9.53 Å². The Morgan fingerprint density at radius 2 is 2.10 bits per heavy atom. The van der Waals surface area contributed by atoms with Gasteiger partial charge in [-0.3, -0.25) is 4.79 Å². The maximum atomic E-state index is 12.7. The van der Waals surface area contributed by atoms with Crippen LogP contribution in [0.1, 0.15) is 44.2 Å². The number of H-pyrrole nitrogens is 1. The molecular formula is C15H23N3O2. The minimum absolute atomic E-state index is 0.172. The largest absolute Gasteiger partial charge is 0.368 e. The first kappa shape index (κ1) is 13.6. The van der Waals surface area contributed by atoms with E-state index in [1.807, 2.05) is 18.0 Å². The van der Waals surface area contributed by atoms with Gasteiger partial charge in [-0.2, -0.15) is 0 Å². The van der Waals surface area contributed by atoms with Crippen molar-refractivity contribution in [3.8, 4) is 0 Å². The number of likely N-dealkylation sites (tertiary alicyclic amines) is 1. The molecule has 0 radical (unpaired) electrons. The van der Waals surface area contributed by atoms with Gasteiger partial charge in [0.25, 0.3) is 5.91 Å². The Morgan fingerprint density at radius 1 is 1.40 bits per heavy atom. The number of nitrogens with one attached hydrogen (secondary N) is 1. The molecule has 20 heavy (non-hydrogen) atoms. The van der Waals surface area contributed by atoms with Crippen LogP contribution >= 0.6 is 0 Å². The molecule has 1 aliphatic heterocycles. The van der Waals surface area contributed by atoms with E-state index in [4.69, 9.17) is 4.74 Å². The molecule has 1 aromatic rings. The maximum Gasteiger partial charge on any atom is 0.254 e. The van der Waals surface area contributed by atoms with E-state index in [0.717, 1.165) is 38.8 Å². The summed E-state index contributed by atoms with van der Waals surface area (Å²) in [5.41, 5.74) is 0.578. The number of amides is 1. The molecule has 5 heteroatoms. The van der Waals surface area contributed by atoms with Gasteiger partial charge in [0.05, 0.1) is 6.33 Å². The second-order valence-electron chi connectivity index (χ2n) is 6.16. The van der Waals surface area contributed by atoms with Gasteiger partial charge in [-0.15, -0.1) is 0 Å². The number of carbonyl (C=O) groups is 1. The van der Waals surface area contributed by atoms with Gasteiger partial charge < -0.3 is 14.6 Å². The fraction of sp³-hybridized carbons (Fsp3) is 0.733. The molecule has 1 atom stereocenters. The molecule has 0 spiro atoms. The van der Waals surface area contributed by atoms with E-state index in [2.05, 4.69) is 9.97 Å². The number of aromatic amines is 1. The minimum Gasteiger partial charge on any atom is -0.368 e. The molecule has 5 nitrogen and oxygen atoms in total. The van der Waals surface area contributed by atoms with Gasteiger partial charge in [-0.1, -0.05) is 0 Å². The van der Waals surface area contributed by atoms with Gasteiger partial charge in [-0.05, 0) is 38.5 Å². The number of hydrogen-bond acceptors (Lipinski definition) is 3. The fourth-order valence-corrected chi connectivity index (χ4v) is 3.26. The zero-order valence-corrected chi connectivity index (χ0v) is 12.3. The van der Waals surface area contributed by atoms with Gasteiger partial charge in [-0.25, -0.2) is 4.98 Å². The lowest BCUT2D eigenvalue weighted by Gasteiger charge is -2.37. The Kier molecular flexibility index (Phi) is 3.54. The summed E-state index contributed by atoms with van der Waals surface area (Å²) in [5, 5.41) is 0. The van der Waals surface area contributed by atoms with Crippen molar-refractivity contribution in [2.75, 3.05) is 20.2 Å².